The van der Waals surface area contributed by atoms with E-state index in [1.54, 1.807) is 6.07 Å². The van der Waals surface area contributed by atoms with Gasteiger partial charge in [0.2, 0.25) is 0 Å². The minimum atomic E-state index is 0.315. The average Bonchev–Trinajstić information content (AvgIpc) is 2.49. The van der Waals surface area contributed by atoms with E-state index in [2.05, 4.69) is 24.3 Å². The third-order valence-electron chi connectivity index (χ3n) is 3.21. The molecule has 0 aliphatic rings. The summed E-state index contributed by atoms with van der Waals surface area (Å²) in [5, 5.41) is 9.85. The molecule has 0 aliphatic heterocycles. The summed E-state index contributed by atoms with van der Waals surface area (Å²) in [6.45, 7) is 0. The molecule has 0 bridgehead atoms. The Morgan fingerprint density at radius 1 is 0.474 bits per heavy atom. The first kappa shape index (κ1) is 11.5. The van der Waals surface area contributed by atoms with Crippen LogP contribution in [0.2, 0.25) is 0 Å². The smallest absolute Gasteiger partial charge is 0.123 e. The van der Waals surface area contributed by atoms with Gasteiger partial charge in [-0.1, -0.05) is 72.8 Å². The van der Waals surface area contributed by atoms with Crippen molar-refractivity contribution in [3.8, 4) is 28.0 Å². The first-order valence-electron chi connectivity index (χ1n) is 6.28. The Balaban J connectivity index is 1.98. The molecule has 0 atom stereocenters. The second kappa shape index (κ2) is 4.99. The van der Waals surface area contributed by atoms with Crippen molar-refractivity contribution in [2.45, 2.75) is 0 Å². The molecule has 0 saturated heterocycles. The van der Waals surface area contributed by atoms with Crippen LogP contribution in [0.15, 0.2) is 78.9 Å². The highest BCUT2D eigenvalue weighted by atomic mass is 16.3. The molecule has 1 nitrogen and oxygen atoms in total. The van der Waals surface area contributed by atoms with E-state index in [0.29, 0.717) is 5.75 Å². The third-order valence-corrected chi connectivity index (χ3v) is 3.21. The monoisotopic (exact) mass is 246 g/mol. The number of phenolic OH excluding ortho intramolecular Hbond substituents is 1. The van der Waals surface area contributed by atoms with Crippen LogP contribution in [0, 0.1) is 0 Å². The lowest BCUT2D eigenvalue weighted by Crippen LogP contribution is -1.80. The molecule has 0 aliphatic carbocycles. The molecule has 0 unspecified atom stereocenters. The molecule has 0 amide bonds. The van der Waals surface area contributed by atoms with Crippen molar-refractivity contribution in [3.63, 3.8) is 0 Å². The quantitative estimate of drug-likeness (QED) is 0.693. The third kappa shape index (κ3) is 2.36. The molecular formula is C18H14O. The van der Waals surface area contributed by atoms with E-state index in [0.717, 1.165) is 11.1 Å². The Morgan fingerprint density at radius 3 is 1.68 bits per heavy atom. The molecule has 0 spiro atoms. The van der Waals surface area contributed by atoms with E-state index in [1.165, 1.54) is 11.1 Å². The van der Waals surface area contributed by atoms with Gasteiger partial charge < -0.3 is 5.11 Å². The summed E-state index contributed by atoms with van der Waals surface area (Å²) in [7, 11) is 0. The molecule has 0 aromatic heterocycles. The predicted molar refractivity (Wildman–Crippen MR) is 79.0 cm³/mol. The zero-order valence-corrected chi connectivity index (χ0v) is 10.5. The van der Waals surface area contributed by atoms with Crippen LogP contribution in [0.1, 0.15) is 0 Å². The Hall–Kier alpha value is -2.54. The molecule has 0 heterocycles. The van der Waals surface area contributed by atoms with Gasteiger partial charge in [0.1, 0.15) is 5.75 Å². The van der Waals surface area contributed by atoms with Crippen molar-refractivity contribution in [2.75, 3.05) is 0 Å². The molecule has 92 valence electrons. The second-order valence-electron chi connectivity index (χ2n) is 4.46. The SMILES string of the molecule is Oc1ccccc1-c1ccc(-c2ccccc2)cc1. The van der Waals surface area contributed by atoms with Gasteiger partial charge in [-0.25, -0.2) is 0 Å². The van der Waals surface area contributed by atoms with Crippen LogP contribution < -0.4 is 0 Å². The largest absolute Gasteiger partial charge is 0.507 e. The minimum absolute atomic E-state index is 0.315. The van der Waals surface area contributed by atoms with Crippen molar-refractivity contribution in [1.82, 2.24) is 0 Å². The van der Waals surface area contributed by atoms with Gasteiger partial charge in [0.25, 0.3) is 0 Å². The average molecular weight is 246 g/mol. The van der Waals surface area contributed by atoms with Crippen LogP contribution >= 0.6 is 0 Å². The molecule has 19 heavy (non-hydrogen) atoms. The first-order valence-corrected chi connectivity index (χ1v) is 6.28. The molecular weight excluding hydrogens is 232 g/mol. The fourth-order valence-corrected chi connectivity index (χ4v) is 2.19. The van der Waals surface area contributed by atoms with Gasteiger partial charge in [0.05, 0.1) is 0 Å². The van der Waals surface area contributed by atoms with E-state index in [9.17, 15) is 5.11 Å². The Morgan fingerprint density at radius 2 is 1.00 bits per heavy atom. The van der Waals surface area contributed by atoms with Gasteiger partial charge in [-0.05, 0) is 22.8 Å². The lowest BCUT2D eigenvalue weighted by atomic mass is 10.00. The number of rotatable bonds is 2. The minimum Gasteiger partial charge on any atom is -0.507 e. The van der Waals surface area contributed by atoms with Gasteiger partial charge in [0, 0.05) is 5.56 Å². The van der Waals surface area contributed by atoms with Gasteiger partial charge in [0.15, 0.2) is 0 Å². The van der Waals surface area contributed by atoms with E-state index < -0.39 is 0 Å². The van der Waals surface area contributed by atoms with Gasteiger partial charge in [-0.3, -0.25) is 0 Å². The first-order chi connectivity index (χ1) is 9.34. The summed E-state index contributed by atoms with van der Waals surface area (Å²) in [5.41, 5.74) is 4.27. The van der Waals surface area contributed by atoms with Crippen LogP contribution in [-0.4, -0.2) is 5.11 Å². The number of benzene rings is 3. The molecule has 3 aromatic carbocycles. The number of hydrogen-bond donors (Lipinski definition) is 1. The Labute approximate surface area is 112 Å². The van der Waals surface area contributed by atoms with Gasteiger partial charge in [-0.15, -0.1) is 0 Å². The maximum absolute atomic E-state index is 9.85. The fraction of sp³-hybridized carbons (Fsp3) is 0. The lowest BCUT2D eigenvalue weighted by Gasteiger charge is -2.06. The van der Waals surface area contributed by atoms with Crippen molar-refractivity contribution in [3.05, 3.63) is 78.9 Å². The van der Waals surface area contributed by atoms with Gasteiger partial charge in [-0.2, -0.15) is 0 Å². The maximum atomic E-state index is 9.85. The summed E-state index contributed by atoms with van der Waals surface area (Å²) in [6, 6.07) is 25.9. The predicted octanol–water partition coefficient (Wildman–Crippen LogP) is 4.73. The lowest BCUT2D eigenvalue weighted by molar-refractivity contribution is 0.477. The molecule has 3 aromatic rings. The van der Waals surface area contributed by atoms with Crippen LogP contribution in [0.4, 0.5) is 0 Å². The number of para-hydroxylation sites is 1. The Bertz CT molecular complexity index is 670. The van der Waals surface area contributed by atoms with Crippen LogP contribution in [0.5, 0.6) is 5.75 Å². The van der Waals surface area contributed by atoms with E-state index in [-0.39, 0.29) is 0 Å². The zero-order valence-electron chi connectivity index (χ0n) is 10.5. The van der Waals surface area contributed by atoms with Crippen molar-refractivity contribution in [2.24, 2.45) is 0 Å². The van der Waals surface area contributed by atoms with E-state index in [1.807, 2.05) is 48.5 Å². The number of phenols is 1. The maximum Gasteiger partial charge on any atom is 0.123 e. The molecule has 0 radical (unpaired) electrons. The molecule has 1 heteroatoms. The van der Waals surface area contributed by atoms with Crippen LogP contribution in [0.25, 0.3) is 22.3 Å². The highest BCUT2D eigenvalue weighted by molar-refractivity contribution is 5.73. The Kier molecular flexibility index (Phi) is 3.03. The number of aromatic hydroxyl groups is 1. The summed E-state index contributed by atoms with van der Waals surface area (Å²) < 4.78 is 0. The summed E-state index contributed by atoms with van der Waals surface area (Å²) in [5.74, 6) is 0.315. The summed E-state index contributed by atoms with van der Waals surface area (Å²) >= 11 is 0. The van der Waals surface area contributed by atoms with Crippen LogP contribution in [0.3, 0.4) is 0 Å². The van der Waals surface area contributed by atoms with Crippen molar-refractivity contribution in [1.29, 1.82) is 0 Å². The highest BCUT2D eigenvalue weighted by Crippen LogP contribution is 2.30. The topological polar surface area (TPSA) is 20.2 Å². The van der Waals surface area contributed by atoms with E-state index in [4.69, 9.17) is 0 Å². The van der Waals surface area contributed by atoms with E-state index >= 15 is 0 Å². The van der Waals surface area contributed by atoms with Crippen molar-refractivity contribution < 1.29 is 5.11 Å². The normalized spacial score (nSPS) is 10.3. The summed E-state index contributed by atoms with van der Waals surface area (Å²) in [6.07, 6.45) is 0. The molecule has 0 saturated carbocycles. The summed E-state index contributed by atoms with van der Waals surface area (Å²) in [4.78, 5) is 0. The highest BCUT2D eigenvalue weighted by Gasteiger charge is 2.03. The van der Waals surface area contributed by atoms with Gasteiger partial charge >= 0.3 is 0 Å². The second-order valence-corrected chi connectivity index (χ2v) is 4.46. The molecule has 0 fully saturated rings. The molecule has 1 N–H and O–H groups in total. The molecule has 3 rings (SSSR count). The number of hydrogen-bond acceptors (Lipinski definition) is 1. The zero-order chi connectivity index (χ0) is 13.1. The van der Waals surface area contributed by atoms with Crippen LogP contribution in [-0.2, 0) is 0 Å². The standard InChI is InChI=1S/C18H14O/c19-18-9-5-4-8-17(18)16-12-10-15(11-13-16)14-6-2-1-3-7-14/h1-13,19H. The van der Waals surface area contributed by atoms with Crippen molar-refractivity contribution >= 4 is 0 Å². The fourth-order valence-electron chi connectivity index (χ4n) is 2.19.